The van der Waals surface area contributed by atoms with Gasteiger partial charge in [0.2, 0.25) is 5.91 Å². The van der Waals surface area contributed by atoms with Gasteiger partial charge in [0.25, 0.3) is 5.91 Å². The molecule has 0 saturated carbocycles. The molecule has 1 aliphatic rings. The van der Waals surface area contributed by atoms with Crippen molar-refractivity contribution in [2.45, 2.75) is 13.8 Å². The summed E-state index contributed by atoms with van der Waals surface area (Å²) in [6.07, 6.45) is 0. The standard InChI is InChI=1S/C23H29N3O4/c1-16-7-5-8-17(2)21(16)24-20(27)15-25-11-13-26(14-12-25)23(28)18-9-6-10-19(29-3)22(18)30-4/h5-10H,11-15H2,1-4H3,(H,24,27). The summed E-state index contributed by atoms with van der Waals surface area (Å²) < 4.78 is 10.7. The van der Waals surface area contributed by atoms with Crippen LogP contribution in [0.1, 0.15) is 21.5 Å². The lowest BCUT2D eigenvalue weighted by Crippen LogP contribution is -2.50. The minimum atomic E-state index is -0.0922. The van der Waals surface area contributed by atoms with Crippen LogP contribution in [0.3, 0.4) is 0 Å². The maximum Gasteiger partial charge on any atom is 0.257 e. The van der Waals surface area contributed by atoms with Gasteiger partial charge in [-0.2, -0.15) is 0 Å². The summed E-state index contributed by atoms with van der Waals surface area (Å²) in [5.74, 6) is 0.845. The van der Waals surface area contributed by atoms with Gasteiger partial charge in [-0.15, -0.1) is 0 Å². The van der Waals surface area contributed by atoms with E-state index >= 15 is 0 Å². The average Bonchev–Trinajstić information content (AvgIpc) is 2.75. The van der Waals surface area contributed by atoms with Crippen molar-refractivity contribution in [1.29, 1.82) is 0 Å². The van der Waals surface area contributed by atoms with Crippen LogP contribution in [0.15, 0.2) is 36.4 Å². The molecule has 1 saturated heterocycles. The molecular formula is C23H29N3O4. The van der Waals surface area contributed by atoms with E-state index in [9.17, 15) is 9.59 Å². The summed E-state index contributed by atoms with van der Waals surface area (Å²) in [5, 5.41) is 3.02. The SMILES string of the molecule is COc1cccc(C(=O)N2CCN(CC(=O)Nc3c(C)cccc3C)CC2)c1OC. The maximum absolute atomic E-state index is 13.0. The van der Waals surface area contributed by atoms with Crippen molar-refractivity contribution in [3.63, 3.8) is 0 Å². The first-order valence-corrected chi connectivity index (χ1v) is 10.0. The molecular weight excluding hydrogens is 382 g/mol. The van der Waals surface area contributed by atoms with Gasteiger partial charge in [0.15, 0.2) is 11.5 Å². The Morgan fingerprint density at radius 1 is 0.933 bits per heavy atom. The molecule has 2 aromatic carbocycles. The second-order valence-electron chi connectivity index (χ2n) is 7.42. The van der Waals surface area contributed by atoms with E-state index in [4.69, 9.17) is 9.47 Å². The highest BCUT2D eigenvalue weighted by atomic mass is 16.5. The van der Waals surface area contributed by atoms with Crippen LogP contribution in [-0.2, 0) is 4.79 Å². The minimum Gasteiger partial charge on any atom is -0.493 e. The number of carbonyl (C=O) groups is 2. The summed E-state index contributed by atoms with van der Waals surface area (Å²) in [4.78, 5) is 29.4. The highest BCUT2D eigenvalue weighted by Gasteiger charge is 2.26. The van der Waals surface area contributed by atoms with Gasteiger partial charge < -0.3 is 19.7 Å². The Balaban J connectivity index is 1.57. The van der Waals surface area contributed by atoms with Crippen LogP contribution in [0.4, 0.5) is 5.69 Å². The highest BCUT2D eigenvalue weighted by Crippen LogP contribution is 2.31. The molecule has 1 aliphatic heterocycles. The number of anilines is 1. The molecule has 0 unspecified atom stereocenters. The molecule has 3 rings (SSSR count). The van der Waals surface area contributed by atoms with E-state index in [0.29, 0.717) is 49.8 Å². The fourth-order valence-electron chi connectivity index (χ4n) is 3.73. The Labute approximate surface area is 177 Å². The van der Waals surface area contributed by atoms with Crippen LogP contribution in [0.2, 0.25) is 0 Å². The molecule has 0 aromatic heterocycles. The number of aryl methyl sites for hydroxylation is 2. The Bertz CT molecular complexity index is 900. The number of hydrogen-bond donors (Lipinski definition) is 1. The van der Waals surface area contributed by atoms with Crippen LogP contribution in [0.5, 0.6) is 11.5 Å². The quantitative estimate of drug-likeness (QED) is 0.792. The van der Waals surface area contributed by atoms with Crippen molar-refractivity contribution >= 4 is 17.5 Å². The van der Waals surface area contributed by atoms with Gasteiger partial charge in [0, 0.05) is 31.9 Å². The Morgan fingerprint density at radius 2 is 1.57 bits per heavy atom. The van der Waals surface area contributed by atoms with Gasteiger partial charge >= 0.3 is 0 Å². The molecule has 1 heterocycles. The fraction of sp³-hybridized carbons (Fsp3) is 0.391. The number of benzene rings is 2. The molecule has 0 aliphatic carbocycles. The third kappa shape index (κ3) is 4.74. The first-order valence-electron chi connectivity index (χ1n) is 10.0. The number of amides is 2. The predicted octanol–water partition coefficient (Wildman–Crippen LogP) is 2.72. The third-order valence-corrected chi connectivity index (χ3v) is 5.41. The van der Waals surface area contributed by atoms with Crippen molar-refractivity contribution < 1.29 is 19.1 Å². The third-order valence-electron chi connectivity index (χ3n) is 5.41. The smallest absolute Gasteiger partial charge is 0.257 e. The van der Waals surface area contributed by atoms with E-state index < -0.39 is 0 Å². The van der Waals surface area contributed by atoms with Gasteiger partial charge in [-0.05, 0) is 37.1 Å². The molecule has 1 fully saturated rings. The predicted molar refractivity (Wildman–Crippen MR) is 116 cm³/mol. The van der Waals surface area contributed by atoms with E-state index in [2.05, 4.69) is 10.2 Å². The first kappa shape index (κ1) is 21.6. The van der Waals surface area contributed by atoms with Gasteiger partial charge in [-0.1, -0.05) is 24.3 Å². The van der Waals surface area contributed by atoms with Crippen LogP contribution in [-0.4, -0.2) is 68.6 Å². The molecule has 2 amide bonds. The van der Waals surface area contributed by atoms with Crippen LogP contribution >= 0.6 is 0 Å². The Morgan fingerprint density at radius 3 is 2.17 bits per heavy atom. The highest BCUT2D eigenvalue weighted by molar-refractivity contribution is 5.98. The zero-order chi connectivity index (χ0) is 21.7. The second-order valence-corrected chi connectivity index (χ2v) is 7.42. The largest absolute Gasteiger partial charge is 0.493 e. The van der Waals surface area contributed by atoms with Gasteiger partial charge in [0.05, 0.1) is 26.3 Å². The number of rotatable bonds is 6. The van der Waals surface area contributed by atoms with Crippen LogP contribution < -0.4 is 14.8 Å². The molecule has 160 valence electrons. The van der Waals surface area contributed by atoms with Crippen LogP contribution in [0.25, 0.3) is 0 Å². The summed E-state index contributed by atoms with van der Waals surface area (Å²) in [7, 11) is 3.08. The van der Waals surface area contributed by atoms with E-state index in [1.807, 2.05) is 32.0 Å². The van der Waals surface area contributed by atoms with Crippen molar-refractivity contribution in [3.05, 3.63) is 53.1 Å². The number of para-hydroxylation sites is 2. The van der Waals surface area contributed by atoms with Gasteiger partial charge in [0.1, 0.15) is 0 Å². The van der Waals surface area contributed by atoms with Crippen molar-refractivity contribution in [2.24, 2.45) is 0 Å². The summed E-state index contributed by atoms with van der Waals surface area (Å²) in [6, 6.07) is 11.2. The lowest BCUT2D eigenvalue weighted by Gasteiger charge is -2.34. The zero-order valence-corrected chi connectivity index (χ0v) is 18.0. The monoisotopic (exact) mass is 411 g/mol. The van der Waals surface area contributed by atoms with E-state index in [0.717, 1.165) is 16.8 Å². The first-order chi connectivity index (χ1) is 14.4. The molecule has 2 aromatic rings. The molecule has 1 N–H and O–H groups in total. The summed E-state index contributed by atoms with van der Waals surface area (Å²) in [5.41, 5.74) is 3.46. The summed E-state index contributed by atoms with van der Waals surface area (Å²) >= 11 is 0. The Hall–Kier alpha value is -3.06. The Kier molecular flexibility index (Phi) is 6.95. The minimum absolute atomic E-state index is 0.0401. The number of nitrogens with zero attached hydrogens (tertiary/aromatic N) is 2. The number of nitrogens with one attached hydrogen (secondary N) is 1. The van der Waals surface area contributed by atoms with Crippen molar-refractivity contribution in [2.75, 3.05) is 52.3 Å². The molecule has 7 heteroatoms. The molecule has 0 bridgehead atoms. The van der Waals surface area contributed by atoms with Gasteiger partial charge in [-0.3, -0.25) is 14.5 Å². The molecule has 7 nitrogen and oxygen atoms in total. The number of ether oxygens (including phenoxy) is 2. The fourth-order valence-corrected chi connectivity index (χ4v) is 3.73. The lowest BCUT2D eigenvalue weighted by molar-refractivity contribution is -0.117. The van der Waals surface area contributed by atoms with Crippen molar-refractivity contribution in [3.8, 4) is 11.5 Å². The van der Waals surface area contributed by atoms with Crippen molar-refractivity contribution in [1.82, 2.24) is 9.80 Å². The molecule has 30 heavy (non-hydrogen) atoms. The topological polar surface area (TPSA) is 71.1 Å². The second kappa shape index (κ2) is 9.63. The molecule has 0 atom stereocenters. The normalized spacial score (nSPS) is 14.3. The number of methoxy groups -OCH3 is 2. The number of piperazine rings is 1. The van der Waals surface area contributed by atoms with Crippen LogP contribution in [0, 0.1) is 13.8 Å². The molecule has 0 radical (unpaired) electrons. The van der Waals surface area contributed by atoms with Gasteiger partial charge in [-0.25, -0.2) is 0 Å². The number of carbonyl (C=O) groups excluding carboxylic acids is 2. The average molecular weight is 412 g/mol. The lowest BCUT2D eigenvalue weighted by atomic mass is 10.1. The van der Waals surface area contributed by atoms with E-state index in [-0.39, 0.29) is 11.8 Å². The van der Waals surface area contributed by atoms with E-state index in [1.165, 1.54) is 7.11 Å². The summed E-state index contributed by atoms with van der Waals surface area (Å²) in [6.45, 7) is 6.65. The maximum atomic E-state index is 13.0. The van der Waals surface area contributed by atoms with E-state index in [1.54, 1.807) is 30.2 Å². The molecule has 0 spiro atoms. The zero-order valence-electron chi connectivity index (χ0n) is 18.0. The number of hydrogen-bond acceptors (Lipinski definition) is 5.